The Morgan fingerprint density at radius 2 is 2.19 bits per heavy atom. The highest BCUT2D eigenvalue weighted by atomic mass is 15.3. The molecule has 0 aliphatic rings. The Kier molecular flexibility index (Phi) is 4.12. The number of nitrogens with zero attached hydrogens (tertiary/aromatic N) is 4. The Balaban J connectivity index is 1.60. The van der Waals surface area contributed by atoms with Crippen LogP contribution >= 0.6 is 0 Å². The van der Waals surface area contributed by atoms with Crippen molar-refractivity contribution in [2.24, 2.45) is 0 Å². The molecular weight excluding hydrogens is 262 g/mol. The van der Waals surface area contributed by atoms with E-state index in [2.05, 4.69) is 51.5 Å². The molecule has 0 spiro atoms. The van der Waals surface area contributed by atoms with Gasteiger partial charge in [-0.3, -0.25) is 5.10 Å². The van der Waals surface area contributed by atoms with Crippen molar-refractivity contribution in [1.29, 1.82) is 0 Å². The smallest absolute Gasteiger partial charge is 0.0648 e. The third-order valence-corrected chi connectivity index (χ3v) is 3.47. The minimum Gasteiger partial charge on any atom is -0.302 e. The maximum Gasteiger partial charge on any atom is 0.0648 e. The van der Waals surface area contributed by atoms with Crippen molar-refractivity contribution >= 4 is 0 Å². The van der Waals surface area contributed by atoms with E-state index >= 15 is 0 Å². The summed E-state index contributed by atoms with van der Waals surface area (Å²) in [4.78, 5) is 2.31. The van der Waals surface area contributed by atoms with Gasteiger partial charge in [0, 0.05) is 31.7 Å². The largest absolute Gasteiger partial charge is 0.302 e. The number of nitrogens with one attached hydrogen (secondary N) is 1. The Labute approximate surface area is 124 Å². The van der Waals surface area contributed by atoms with Gasteiger partial charge in [-0.15, -0.1) is 0 Å². The molecule has 3 aromatic rings. The van der Waals surface area contributed by atoms with Gasteiger partial charge in [0.1, 0.15) is 0 Å². The van der Waals surface area contributed by atoms with Gasteiger partial charge in [-0.2, -0.15) is 10.2 Å². The van der Waals surface area contributed by atoms with Crippen LogP contribution in [0, 0.1) is 0 Å². The minimum absolute atomic E-state index is 0.924. The zero-order valence-corrected chi connectivity index (χ0v) is 12.1. The van der Waals surface area contributed by atoms with Crippen molar-refractivity contribution in [2.75, 3.05) is 13.6 Å². The average molecular weight is 281 g/mol. The predicted molar refractivity (Wildman–Crippen MR) is 82.2 cm³/mol. The molecule has 0 aliphatic heterocycles. The molecule has 0 atom stereocenters. The highest BCUT2D eigenvalue weighted by molar-refractivity contribution is 5.34. The van der Waals surface area contributed by atoms with Crippen LogP contribution in [0.3, 0.4) is 0 Å². The molecule has 2 heterocycles. The quantitative estimate of drug-likeness (QED) is 0.754. The summed E-state index contributed by atoms with van der Waals surface area (Å²) in [6, 6.07) is 10.4. The van der Waals surface area contributed by atoms with E-state index in [1.54, 1.807) is 6.20 Å². The lowest BCUT2D eigenvalue weighted by Gasteiger charge is -2.16. The molecule has 0 saturated heterocycles. The van der Waals surface area contributed by atoms with Crippen molar-refractivity contribution in [3.8, 4) is 5.69 Å². The molecular formula is C16H19N5. The second-order valence-electron chi connectivity index (χ2n) is 5.21. The average Bonchev–Trinajstić information content (AvgIpc) is 3.19. The molecule has 0 amide bonds. The lowest BCUT2D eigenvalue weighted by Crippen LogP contribution is -2.20. The molecule has 0 bridgehead atoms. The molecule has 3 rings (SSSR count). The fourth-order valence-corrected chi connectivity index (χ4v) is 2.34. The summed E-state index contributed by atoms with van der Waals surface area (Å²) >= 11 is 0. The molecule has 108 valence electrons. The molecule has 21 heavy (non-hydrogen) atoms. The third-order valence-electron chi connectivity index (χ3n) is 3.47. The van der Waals surface area contributed by atoms with E-state index in [1.165, 1.54) is 11.1 Å². The summed E-state index contributed by atoms with van der Waals surface area (Å²) in [5, 5.41) is 11.1. The summed E-state index contributed by atoms with van der Waals surface area (Å²) < 4.78 is 1.88. The predicted octanol–water partition coefficient (Wildman–Crippen LogP) is 2.27. The first-order valence-electron chi connectivity index (χ1n) is 7.06. The van der Waals surface area contributed by atoms with Crippen LogP contribution < -0.4 is 0 Å². The number of hydrogen-bond acceptors (Lipinski definition) is 3. The van der Waals surface area contributed by atoms with Crippen molar-refractivity contribution in [3.05, 3.63) is 66.2 Å². The molecule has 2 aromatic heterocycles. The van der Waals surface area contributed by atoms with Crippen molar-refractivity contribution in [2.45, 2.75) is 13.0 Å². The van der Waals surface area contributed by atoms with Crippen molar-refractivity contribution in [1.82, 2.24) is 24.9 Å². The fraction of sp³-hybridized carbons (Fsp3) is 0.250. The monoisotopic (exact) mass is 281 g/mol. The molecule has 1 N–H and O–H groups in total. The van der Waals surface area contributed by atoms with Crippen LogP contribution in [0.4, 0.5) is 0 Å². The van der Waals surface area contributed by atoms with Crippen LogP contribution in [0.5, 0.6) is 0 Å². The molecule has 0 aliphatic carbocycles. The Hall–Kier alpha value is -2.40. The first kappa shape index (κ1) is 13.6. The van der Waals surface area contributed by atoms with Crippen LogP contribution in [0.25, 0.3) is 5.69 Å². The minimum atomic E-state index is 0.924. The first-order chi connectivity index (χ1) is 10.3. The van der Waals surface area contributed by atoms with Crippen LogP contribution in [0.1, 0.15) is 11.1 Å². The SMILES string of the molecule is CN(CCc1cn[nH]c1)Cc1cccc(-n2cccn2)c1. The van der Waals surface area contributed by atoms with Gasteiger partial charge in [-0.25, -0.2) is 4.68 Å². The number of likely N-dealkylation sites (N-methyl/N-ethyl adjacent to an activating group) is 1. The van der Waals surface area contributed by atoms with Gasteiger partial charge >= 0.3 is 0 Å². The number of rotatable bonds is 6. The van der Waals surface area contributed by atoms with Gasteiger partial charge in [-0.1, -0.05) is 12.1 Å². The number of aromatic nitrogens is 4. The van der Waals surface area contributed by atoms with Crippen LogP contribution in [0.15, 0.2) is 55.1 Å². The highest BCUT2D eigenvalue weighted by Gasteiger charge is 2.04. The molecule has 0 fully saturated rings. The van der Waals surface area contributed by atoms with Gasteiger partial charge in [0.05, 0.1) is 11.9 Å². The van der Waals surface area contributed by atoms with Gasteiger partial charge < -0.3 is 4.90 Å². The van der Waals surface area contributed by atoms with E-state index in [0.29, 0.717) is 0 Å². The second kappa shape index (κ2) is 6.37. The summed E-state index contributed by atoms with van der Waals surface area (Å²) in [7, 11) is 2.14. The van der Waals surface area contributed by atoms with Crippen LogP contribution in [-0.2, 0) is 13.0 Å². The topological polar surface area (TPSA) is 49.7 Å². The first-order valence-corrected chi connectivity index (χ1v) is 7.06. The summed E-state index contributed by atoms with van der Waals surface area (Å²) in [5.41, 5.74) is 3.63. The maximum absolute atomic E-state index is 4.27. The summed E-state index contributed by atoms with van der Waals surface area (Å²) in [5.74, 6) is 0. The van der Waals surface area contributed by atoms with Gasteiger partial charge in [0.2, 0.25) is 0 Å². The molecule has 0 saturated carbocycles. The summed E-state index contributed by atoms with van der Waals surface area (Å²) in [6.45, 7) is 1.93. The van der Waals surface area contributed by atoms with Gasteiger partial charge in [0.15, 0.2) is 0 Å². The standard InChI is InChI=1S/C16H19N5/c1-20(9-6-15-11-17-18-12-15)13-14-4-2-5-16(10-14)21-8-3-7-19-21/h2-5,7-8,10-12H,6,9,13H2,1H3,(H,17,18). The number of hydrogen-bond donors (Lipinski definition) is 1. The molecule has 0 radical (unpaired) electrons. The van der Waals surface area contributed by atoms with E-state index < -0.39 is 0 Å². The lowest BCUT2D eigenvalue weighted by atomic mass is 10.2. The lowest BCUT2D eigenvalue weighted by molar-refractivity contribution is 0.331. The van der Waals surface area contributed by atoms with Crippen molar-refractivity contribution < 1.29 is 0 Å². The van der Waals surface area contributed by atoms with E-state index in [4.69, 9.17) is 0 Å². The number of H-pyrrole nitrogens is 1. The van der Waals surface area contributed by atoms with Gasteiger partial charge in [0.25, 0.3) is 0 Å². The Morgan fingerprint density at radius 3 is 2.95 bits per heavy atom. The van der Waals surface area contributed by atoms with E-state index in [1.807, 2.05) is 29.3 Å². The molecule has 0 unspecified atom stereocenters. The maximum atomic E-state index is 4.27. The normalized spacial score (nSPS) is 11.1. The molecule has 1 aromatic carbocycles. The van der Waals surface area contributed by atoms with E-state index in [-0.39, 0.29) is 0 Å². The molecule has 5 heteroatoms. The van der Waals surface area contributed by atoms with Crippen LogP contribution in [-0.4, -0.2) is 38.5 Å². The van der Waals surface area contributed by atoms with Crippen molar-refractivity contribution in [3.63, 3.8) is 0 Å². The molecule has 5 nitrogen and oxygen atoms in total. The number of aromatic amines is 1. The zero-order valence-electron chi connectivity index (χ0n) is 12.1. The van der Waals surface area contributed by atoms with E-state index in [9.17, 15) is 0 Å². The van der Waals surface area contributed by atoms with Gasteiger partial charge in [-0.05, 0) is 42.8 Å². The Bertz CT molecular complexity index is 658. The van der Waals surface area contributed by atoms with E-state index in [0.717, 1.165) is 25.2 Å². The third kappa shape index (κ3) is 3.58. The Morgan fingerprint density at radius 1 is 1.24 bits per heavy atom. The fourth-order valence-electron chi connectivity index (χ4n) is 2.34. The zero-order chi connectivity index (χ0) is 14.5. The number of benzene rings is 1. The van der Waals surface area contributed by atoms with Crippen LogP contribution in [0.2, 0.25) is 0 Å². The summed E-state index contributed by atoms with van der Waals surface area (Å²) in [6.07, 6.45) is 8.59. The highest BCUT2D eigenvalue weighted by Crippen LogP contribution is 2.11. The second-order valence-corrected chi connectivity index (χ2v) is 5.21.